The summed E-state index contributed by atoms with van der Waals surface area (Å²) in [7, 11) is 0. The Balaban J connectivity index is 1.72. The lowest BCUT2D eigenvalue weighted by atomic mass is 10.1. The summed E-state index contributed by atoms with van der Waals surface area (Å²) in [6, 6.07) is 16.7. The fraction of sp³-hybridized carbons (Fsp3) is 0.316. The molecule has 22 heavy (non-hydrogen) atoms. The minimum absolute atomic E-state index is 0.233. The number of amides is 1. The maximum Gasteiger partial charge on any atom is 0.227 e. The number of para-hydroxylation sites is 1. The predicted molar refractivity (Wildman–Crippen MR) is 93.6 cm³/mol. The highest BCUT2D eigenvalue weighted by molar-refractivity contribution is 7.99. The highest BCUT2D eigenvalue weighted by Gasteiger charge is 2.20. The third-order valence-corrected chi connectivity index (χ3v) is 5.10. The first-order valence-corrected chi connectivity index (χ1v) is 8.80. The molecular formula is C19H21NOS. The molecule has 2 nitrogen and oxygen atoms in total. The molecule has 0 unspecified atom stereocenters. The zero-order valence-electron chi connectivity index (χ0n) is 12.9. The van der Waals surface area contributed by atoms with Crippen molar-refractivity contribution in [3.8, 4) is 0 Å². The number of fused-ring (bicyclic) bond motifs is 1. The highest BCUT2D eigenvalue weighted by Crippen LogP contribution is 2.33. The third kappa shape index (κ3) is 3.53. The molecule has 0 aliphatic carbocycles. The molecule has 3 rings (SSSR count). The van der Waals surface area contributed by atoms with Crippen LogP contribution in [0.5, 0.6) is 0 Å². The number of nitrogens with zero attached hydrogens (tertiary/aromatic N) is 1. The van der Waals surface area contributed by atoms with E-state index in [-0.39, 0.29) is 5.91 Å². The molecule has 0 fully saturated rings. The molecule has 0 N–H and O–H groups in total. The third-order valence-electron chi connectivity index (χ3n) is 3.95. The van der Waals surface area contributed by atoms with E-state index in [0.29, 0.717) is 6.42 Å². The molecule has 0 saturated carbocycles. The van der Waals surface area contributed by atoms with Crippen LogP contribution in [0.15, 0.2) is 53.4 Å². The summed E-state index contributed by atoms with van der Waals surface area (Å²) in [4.78, 5) is 15.9. The summed E-state index contributed by atoms with van der Waals surface area (Å²) in [6.07, 6.45) is 2.43. The van der Waals surface area contributed by atoms with Crippen LogP contribution in [0.3, 0.4) is 0 Å². The molecule has 1 heterocycles. The molecule has 0 radical (unpaired) electrons. The van der Waals surface area contributed by atoms with Crippen molar-refractivity contribution in [1.29, 1.82) is 0 Å². The maximum atomic E-state index is 12.7. The minimum Gasteiger partial charge on any atom is -0.311 e. The van der Waals surface area contributed by atoms with E-state index < -0.39 is 0 Å². The Morgan fingerprint density at radius 3 is 2.91 bits per heavy atom. The molecule has 3 heteroatoms. The molecular weight excluding hydrogens is 290 g/mol. The van der Waals surface area contributed by atoms with Crippen LogP contribution in [0.4, 0.5) is 5.69 Å². The first kappa shape index (κ1) is 15.2. The highest BCUT2D eigenvalue weighted by atomic mass is 32.2. The molecule has 0 aromatic heterocycles. The molecule has 0 spiro atoms. The van der Waals surface area contributed by atoms with Crippen LogP contribution in [-0.4, -0.2) is 18.2 Å². The van der Waals surface area contributed by atoms with Gasteiger partial charge in [0.2, 0.25) is 5.91 Å². The topological polar surface area (TPSA) is 20.3 Å². The van der Waals surface area contributed by atoms with Crippen molar-refractivity contribution in [3.05, 3.63) is 59.7 Å². The lowest BCUT2D eigenvalue weighted by Crippen LogP contribution is -2.32. The monoisotopic (exact) mass is 311 g/mol. The Bertz CT molecular complexity index is 668. The van der Waals surface area contributed by atoms with Gasteiger partial charge in [-0.05, 0) is 43.2 Å². The minimum atomic E-state index is 0.233. The van der Waals surface area contributed by atoms with E-state index in [1.165, 1.54) is 16.0 Å². The van der Waals surface area contributed by atoms with Crippen LogP contribution in [0, 0.1) is 6.92 Å². The summed E-state index contributed by atoms with van der Waals surface area (Å²) >= 11 is 1.85. The van der Waals surface area contributed by atoms with E-state index in [9.17, 15) is 4.79 Å². The number of benzene rings is 2. The zero-order chi connectivity index (χ0) is 15.4. The number of thioether (sulfide) groups is 1. The largest absolute Gasteiger partial charge is 0.311 e. The molecule has 2 aromatic rings. The van der Waals surface area contributed by atoms with Gasteiger partial charge in [0.1, 0.15) is 0 Å². The number of carbonyl (C=O) groups is 1. The summed E-state index contributed by atoms with van der Waals surface area (Å²) in [5.41, 5.74) is 3.58. The smallest absolute Gasteiger partial charge is 0.227 e. The number of rotatable bonds is 3. The van der Waals surface area contributed by atoms with Crippen molar-refractivity contribution in [3.63, 3.8) is 0 Å². The number of aryl methyl sites for hydroxylation is 2. The van der Waals surface area contributed by atoms with Crippen LogP contribution in [-0.2, 0) is 11.2 Å². The van der Waals surface area contributed by atoms with Crippen molar-refractivity contribution in [2.45, 2.75) is 31.1 Å². The summed E-state index contributed by atoms with van der Waals surface area (Å²) in [5, 5.41) is 0. The van der Waals surface area contributed by atoms with Crippen molar-refractivity contribution in [2.24, 2.45) is 0 Å². The Kier molecular flexibility index (Phi) is 4.84. The SMILES string of the molecule is Cc1cccc(CCC(=O)N2CCCSc3ccccc32)c1. The second-order valence-corrected chi connectivity index (χ2v) is 6.84. The molecule has 0 atom stereocenters. The molecule has 114 valence electrons. The average molecular weight is 311 g/mol. The van der Waals surface area contributed by atoms with E-state index >= 15 is 0 Å². The fourth-order valence-electron chi connectivity index (χ4n) is 2.84. The van der Waals surface area contributed by atoms with Crippen LogP contribution >= 0.6 is 11.8 Å². The van der Waals surface area contributed by atoms with Crippen molar-refractivity contribution in [2.75, 3.05) is 17.2 Å². The first-order chi connectivity index (χ1) is 10.7. The van der Waals surface area contributed by atoms with E-state index in [4.69, 9.17) is 0 Å². The van der Waals surface area contributed by atoms with E-state index in [1.807, 2.05) is 28.8 Å². The predicted octanol–water partition coefficient (Wildman–Crippen LogP) is 4.46. The van der Waals surface area contributed by atoms with Gasteiger partial charge >= 0.3 is 0 Å². The van der Waals surface area contributed by atoms with Gasteiger partial charge in [0, 0.05) is 17.9 Å². The zero-order valence-corrected chi connectivity index (χ0v) is 13.7. The van der Waals surface area contributed by atoms with Crippen LogP contribution in [0.2, 0.25) is 0 Å². The van der Waals surface area contributed by atoms with Gasteiger partial charge in [-0.15, -0.1) is 11.8 Å². The van der Waals surface area contributed by atoms with Gasteiger partial charge in [0.25, 0.3) is 0 Å². The second-order valence-electron chi connectivity index (χ2n) is 5.70. The van der Waals surface area contributed by atoms with Gasteiger partial charge in [-0.1, -0.05) is 42.0 Å². The molecule has 1 aliphatic heterocycles. The number of anilines is 1. The molecule has 2 aromatic carbocycles. The summed E-state index contributed by atoms with van der Waals surface area (Å²) in [5.74, 6) is 1.31. The van der Waals surface area contributed by atoms with Gasteiger partial charge in [0.15, 0.2) is 0 Å². The van der Waals surface area contributed by atoms with Crippen molar-refractivity contribution < 1.29 is 4.79 Å². The lowest BCUT2D eigenvalue weighted by Gasteiger charge is -2.22. The number of carbonyl (C=O) groups excluding carboxylic acids is 1. The Morgan fingerprint density at radius 2 is 2.05 bits per heavy atom. The number of hydrogen-bond donors (Lipinski definition) is 0. The van der Waals surface area contributed by atoms with Gasteiger partial charge < -0.3 is 4.90 Å². The standard InChI is InChI=1S/C19H21NOS/c1-15-6-4-7-16(14-15)10-11-19(21)20-12-5-13-22-18-9-3-2-8-17(18)20/h2-4,6-9,14H,5,10-13H2,1H3. The quantitative estimate of drug-likeness (QED) is 0.834. The average Bonchev–Trinajstić information content (AvgIpc) is 2.75. The molecule has 0 saturated heterocycles. The van der Waals surface area contributed by atoms with E-state index in [0.717, 1.165) is 30.8 Å². The van der Waals surface area contributed by atoms with Gasteiger partial charge in [-0.2, -0.15) is 0 Å². The van der Waals surface area contributed by atoms with Crippen molar-refractivity contribution in [1.82, 2.24) is 0 Å². The Morgan fingerprint density at radius 1 is 1.18 bits per heavy atom. The van der Waals surface area contributed by atoms with Crippen LogP contribution in [0.1, 0.15) is 24.0 Å². The maximum absolute atomic E-state index is 12.7. The Hall–Kier alpha value is -1.74. The fourth-order valence-corrected chi connectivity index (χ4v) is 3.83. The van der Waals surface area contributed by atoms with Crippen molar-refractivity contribution >= 4 is 23.4 Å². The first-order valence-electron chi connectivity index (χ1n) is 7.82. The summed E-state index contributed by atoms with van der Waals surface area (Å²) < 4.78 is 0. The van der Waals surface area contributed by atoms with Crippen LogP contribution in [0.25, 0.3) is 0 Å². The normalized spacial score (nSPS) is 14.3. The van der Waals surface area contributed by atoms with Gasteiger partial charge in [-0.25, -0.2) is 0 Å². The molecule has 0 bridgehead atoms. The van der Waals surface area contributed by atoms with E-state index in [1.54, 1.807) is 0 Å². The Labute approximate surface area is 136 Å². The van der Waals surface area contributed by atoms with Gasteiger partial charge in [0.05, 0.1) is 5.69 Å². The summed E-state index contributed by atoms with van der Waals surface area (Å²) in [6.45, 7) is 2.92. The lowest BCUT2D eigenvalue weighted by molar-refractivity contribution is -0.118. The van der Waals surface area contributed by atoms with Crippen LogP contribution < -0.4 is 4.90 Å². The van der Waals surface area contributed by atoms with Gasteiger partial charge in [-0.3, -0.25) is 4.79 Å². The molecule has 1 amide bonds. The van der Waals surface area contributed by atoms with E-state index in [2.05, 4.69) is 43.3 Å². The number of hydrogen-bond acceptors (Lipinski definition) is 2. The molecule has 1 aliphatic rings. The second kappa shape index (κ2) is 7.01.